The highest BCUT2D eigenvalue weighted by atomic mass is 16.6. The molecule has 1 fully saturated rings. The summed E-state index contributed by atoms with van der Waals surface area (Å²) in [6.45, 7) is 9.36. The first-order valence-electron chi connectivity index (χ1n) is 7.86. The minimum Gasteiger partial charge on any atom is -0.444 e. The maximum atomic E-state index is 12.4. The van der Waals surface area contributed by atoms with Crippen LogP contribution in [0.15, 0.2) is 0 Å². The molecule has 1 aliphatic carbocycles. The third-order valence-electron chi connectivity index (χ3n) is 3.98. The van der Waals surface area contributed by atoms with Crippen molar-refractivity contribution in [2.75, 3.05) is 7.05 Å². The van der Waals surface area contributed by atoms with Crippen molar-refractivity contribution in [3.63, 3.8) is 0 Å². The molecule has 1 N–H and O–H groups in total. The molecule has 2 amide bonds. The molecule has 0 aromatic carbocycles. The average molecular weight is 298 g/mol. The molecular formula is C16H30N2O3. The van der Waals surface area contributed by atoms with E-state index in [2.05, 4.69) is 12.2 Å². The molecule has 5 nitrogen and oxygen atoms in total. The maximum absolute atomic E-state index is 12.4. The van der Waals surface area contributed by atoms with Gasteiger partial charge in [-0.1, -0.05) is 6.92 Å². The summed E-state index contributed by atoms with van der Waals surface area (Å²) >= 11 is 0. The molecule has 122 valence electrons. The van der Waals surface area contributed by atoms with Gasteiger partial charge in [-0.2, -0.15) is 0 Å². The Hall–Kier alpha value is -1.26. The first-order chi connectivity index (χ1) is 9.60. The average Bonchev–Trinajstić information content (AvgIpc) is 2.35. The minimum atomic E-state index is -0.566. The number of rotatable bonds is 3. The first-order valence-corrected chi connectivity index (χ1v) is 7.86. The van der Waals surface area contributed by atoms with E-state index >= 15 is 0 Å². The van der Waals surface area contributed by atoms with Crippen molar-refractivity contribution in [2.45, 2.75) is 78.0 Å². The maximum Gasteiger partial charge on any atom is 0.408 e. The van der Waals surface area contributed by atoms with E-state index in [1.807, 2.05) is 7.05 Å². The monoisotopic (exact) mass is 298 g/mol. The number of nitrogens with one attached hydrogen (secondary N) is 1. The topological polar surface area (TPSA) is 58.6 Å². The third-order valence-corrected chi connectivity index (χ3v) is 3.98. The quantitative estimate of drug-likeness (QED) is 0.871. The summed E-state index contributed by atoms with van der Waals surface area (Å²) in [6.07, 6.45) is 3.87. The number of amides is 2. The van der Waals surface area contributed by atoms with Gasteiger partial charge in [-0.3, -0.25) is 4.79 Å². The highest BCUT2D eigenvalue weighted by molar-refractivity contribution is 5.85. The van der Waals surface area contributed by atoms with E-state index in [4.69, 9.17) is 4.74 Å². The lowest BCUT2D eigenvalue weighted by Crippen LogP contribution is -2.50. The van der Waals surface area contributed by atoms with Crippen LogP contribution in [0, 0.1) is 5.92 Å². The molecule has 0 bridgehead atoms. The van der Waals surface area contributed by atoms with Crippen LogP contribution in [0.25, 0.3) is 0 Å². The summed E-state index contributed by atoms with van der Waals surface area (Å²) in [7, 11) is 1.83. The molecule has 0 saturated heterocycles. The molecule has 5 heteroatoms. The van der Waals surface area contributed by atoms with E-state index < -0.39 is 17.7 Å². The predicted molar refractivity (Wildman–Crippen MR) is 83.0 cm³/mol. The van der Waals surface area contributed by atoms with E-state index in [0.29, 0.717) is 0 Å². The second-order valence-electron chi connectivity index (χ2n) is 7.23. The molecule has 1 unspecified atom stereocenters. The number of alkyl carbamates (subject to hydrolysis) is 1. The fourth-order valence-electron chi connectivity index (χ4n) is 2.66. The molecule has 0 spiro atoms. The van der Waals surface area contributed by atoms with Gasteiger partial charge in [0.05, 0.1) is 0 Å². The van der Waals surface area contributed by atoms with Crippen LogP contribution in [0.1, 0.15) is 60.3 Å². The number of carbonyl (C=O) groups excluding carboxylic acids is 2. The van der Waals surface area contributed by atoms with Gasteiger partial charge in [-0.05, 0) is 59.3 Å². The molecular weight excluding hydrogens is 268 g/mol. The molecule has 0 aromatic rings. The SMILES string of the molecule is CC1CCC(N(C)C(=O)C(C)NC(=O)OC(C)(C)C)CC1. The summed E-state index contributed by atoms with van der Waals surface area (Å²) in [4.78, 5) is 25.9. The highest BCUT2D eigenvalue weighted by Crippen LogP contribution is 2.26. The van der Waals surface area contributed by atoms with Gasteiger partial charge in [0.2, 0.25) is 5.91 Å². The number of ether oxygens (including phenoxy) is 1. The lowest BCUT2D eigenvalue weighted by Gasteiger charge is -2.35. The fraction of sp³-hybridized carbons (Fsp3) is 0.875. The third kappa shape index (κ3) is 5.94. The molecule has 0 aromatic heterocycles. The van der Waals surface area contributed by atoms with E-state index in [1.54, 1.807) is 32.6 Å². The Bertz CT molecular complexity index is 368. The van der Waals surface area contributed by atoms with Gasteiger partial charge in [-0.15, -0.1) is 0 Å². The molecule has 0 aliphatic heterocycles. The largest absolute Gasteiger partial charge is 0.444 e. The summed E-state index contributed by atoms with van der Waals surface area (Å²) in [6, 6.07) is -0.277. The van der Waals surface area contributed by atoms with Gasteiger partial charge >= 0.3 is 6.09 Å². The van der Waals surface area contributed by atoms with Crippen molar-refractivity contribution in [1.82, 2.24) is 10.2 Å². The Balaban J connectivity index is 2.48. The van der Waals surface area contributed by atoms with Crippen LogP contribution in [-0.2, 0) is 9.53 Å². The Morgan fingerprint density at radius 2 is 1.71 bits per heavy atom. The van der Waals surface area contributed by atoms with Gasteiger partial charge in [0.25, 0.3) is 0 Å². The Morgan fingerprint density at radius 1 is 1.19 bits per heavy atom. The normalized spacial score (nSPS) is 24.1. The molecule has 21 heavy (non-hydrogen) atoms. The first kappa shape index (κ1) is 17.8. The number of likely N-dealkylation sites (N-methyl/N-ethyl adjacent to an activating group) is 1. The van der Waals surface area contributed by atoms with Crippen LogP contribution in [0.5, 0.6) is 0 Å². The molecule has 1 atom stereocenters. The van der Waals surface area contributed by atoms with E-state index in [-0.39, 0.29) is 11.9 Å². The van der Waals surface area contributed by atoms with Crippen molar-refractivity contribution in [2.24, 2.45) is 5.92 Å². The lowest BCUT2D eigenvalue weighted by atomic mass is 9.86. The summed E-state index contributed by atoms with van der Waals surface area (Å²) in [5.41, 5.74) is -0.557. The standard InChI is InChI=1S/C16H30N2O3/c1-11-7-9-13(10-8-11)18(6)14(19)12(2)17-15(20)21-16(3,4)5/h11-13H,7-10H2,1-6H3,(H,17,20). The molecule has 1 saturated carbocycles. The Labute approximate surface area is 128 Å². The summed E-state index contributed by atoms with van der Waals surface area (Å²) < 4.78 is 5.18. The van der Waals surface area contributed by atoms with Crippen LogP contribution in [-0.4, -0.2) is 41.6 Å². The van der Waals surface area contributed by atoms with Crippen LogP contribution < -0.4 is 5.32 Å². The van der Waals surface area contributed by atoms with Crippen LogP contribution >= 0.6 is 0 Å². The van der Waals surface area contributed by atoms with Gasteiger partial charge in [-0.25, -0.2) is 4.79 Å². The Morgan fingerprint density at radius 3 is 2.19 bits per heavy atom. The number of carbonyl (C=O) groups is 2. The molecule has 1 rings (SSSR count). The van der Waals surface area contributed by atoms with Crippen molar-refractivity contribution in [3.8, 4) is 0 Å². The van der Waals surface area contributed by atoms with E-state index in [1.165, 1.54) is 0 Å². The van der Waals surface area contributed by atoms with Crippen molar-refractivity contribution in [3.05, 3.63) is 0 Å². The summed E-state index contributed by atoms with van der Waals surface area (Å²) in [5, 5.41) is 2.61. The van der Waals surface area contributed by atoms with Crippen molar-refractivity contribution in [1.29, 1.82) is 0 Å². The van der Waals surface area contributed by atoms with Crippen LogP contribution in [0.2, 0.25) is 0 Å². The summed E-state index contributed by atoms with van der Waals surface area (Å²) in [5.74, 6) is 0.697. The number of nitrogens with zero attached hydrogens (tertiary/aromatic N) is 1. The fourth-order valence-corrected chi connectivity index (χ4v) is 2.66. The molecule has 0 radical (unpaired) electrons. The zero-order chi connectivity index (χ0) is 16.2. The zero-order valence-electron chi connectivity index (χ0n) is 14.2. The Kier molecular flexibility index (Phi) is 6.05. The number of hydrogen-bond acceptors (Lipinski definition) is 3. The lowest BCUT2D eigenvalue weighted by molar-refractivity contribution is -0.134. The van der Waals surface area contributed by atoms with Gasteiger partial charge in [0.15, 0.2) is 0 Å². The van der Waals surface area contributed by atoms with E-state index in [0.717, 1.165) is 31.6 Å². The van der Waals surface area contributed by atoms with Gasteiger partial charge in [0, 0.05) is 13.1 Å². The minimum absolute atomic E-state index is 0.0552. The second kappa shape index (κ2) is 7.14. The smallest absolute Gasteiger partial charge is 0.408 e. The zero-order valence-corrected chi connectivity index (χ0v) is 14.2. The van der Waals surface area contributed by atoms with Gasteiger partial charge in [0.1, 0.15) is 11.6 Å². The van der Waals surface area contributed by atoms with Crippen LogP contribution in [0.3, 0.4) is 0 Å². The number of hydrogen-bond donors (Lipinski definition) is 1. The predicted octanol–water partition coefficient (Wildman–Crippen LogP) is 2.94. The van der Waals surface area contributed by atoms with Crippen molar-refractivity contribution < 1.29 is 14.3 Å². The van der Waals surface area contributed by atoms with E-state index in [9.17, 15) is 9.59 Å². The molecule has 0 heterocycles. The second-order valence-corrected chi connectivity index (χ2v) is 7.23. The van der Waals surface area contributed by atoms with Gasteiger partial charge < -0.3 is 15.0 Å². The van der Waals surface area contributed by atoms with Crippen molar-refractivity contribution >= 4 is 12.0 Å². The highest BCUT2D eigenvalue weighted by Gasteiger charge is 2.29. The van der Waals surface area contributed by atoms with Crippen LogP contribution in [0.4, 0.5) is 4.79 Å². The molecule has 1 aliphatic rings.